The van der Waals surface area contributed by atoms with Crippen molar-refractivity contribution in [3.8, 4) is 0 Å². The molecule has 1 fully saturated rings. The van der Waals surface area contributed by atoms with Crippen LogP contribution in [0.4, 0.5) is 0 Å². The number of halogens is 1. The lowest BCUT2D eigenvalue weighted by Crippen LogP contribution is -2.41. The van der Waals surface area contributed by atoms with Crippen LogP contribution in [0.3, 0.4) is 0 Å². The third-order valence-corrected chi connectivity index (χ3v) is 4.45. The lowest BCUT2D eigenvalue weighted by atomic mass is 10.1. The van der Waals surface area contributed by atoms with Crippen LogP contribution >= 0.6 is 24.0 Å². The predicted molar refractivity (Wildman–Crippen MR) is 115 cm³/mol. The Morgan fingerprint density at radius 3 is 2.88 bits per heavy atom. The first-order valence-corrected chi connectivity index (χ1v) is 8.90. The second-order valence-electron chi connectivity index (χ2n) is 6.34. The van der Waals surface area contributed by atoms with Gasteiger partial charge in [-0.2, -0.15) is 5.10 Å². The highest BCUT2D eigenvalue weighted by atomic mass is 127. The largest absolute Gasteiger partial charge is 0.376 e. The first-order chi connectivity index (χ1) is 12.3. The highest BCUT2D eigenvalue weighted by molar-refractivity contribution is 14.0. The van der Waals surface area contributed by atoms with Gasteiger partial charge in [0.1, 0.15) is 0 Å². The van der Waals surface area contributed by atoms with Crippen LogP contribution in [0.25, 0.3) is 0 Å². The van der Waals surface area contributed by atoms with Crippen molar-refractivity contribution in [3.63, 3.8) is 0 Å². The van der Waals surface area contributed by atoms with Gasteiger partial charge in [0.25, 0.3) is 0 Å². The summed E-state index contributed by atoms with van der Waals surface area (Å²) in [7, 11) is 1.84. The summed E-state index contributed by atoms with van der Waals surface area (Å²) in [5.41, 5.74) is 1.23. The summed E-state index contributed by atoms with van der Waals surface area (Å²) in [5.74, 6) is 1.53. The molecule has 6 nitrogen and oxygen atoms in total. The van der Waals surface area contributed by atoms with Gasteiger partial charge < -0.3 is 15.0 Å². The number of likely N-dealkylation sites (tertiary alicyclic amines) is 1. The van der Waals surface area contributed by atoms with E-state index in [2.05, 4.69) is 44.6 Å². The van der Waals surface area contributed by atoms with Gasteiger partial charge in [-0.15, -0.1) is 24.0 Å². The Kier molecular flexibility index (Phi) is 8.90. The van der Waals surface area contributed by atoms with Crippen LogP contribution < -0.4 is 5.32 Å². The summed E-state index contributed by atoms with van der Waals surface area (Å²) in [6.45, 7) is 5.17. The molecule has 0 saturated carbocycles. The highest BCUT2D eigenvalue weighted by Gasteiger charge is 2.24. The van der Waals surface area contributed by atoms with Crippen LogP contribution in [0.15, 0.2) is 53.8 Å². The minimum Gasteiger partial charge on any atom is -0.376 e. The molecule has 1 aromatic heterocycles. The zero-order valence-corrected chi connectivity index (χ0v) is 17.6. The molecule has 1 aliphatic rings. The van der Waals surface area contributed by atoms with Crippen molar-refractivity contribution >= 4 is 29.9 Å². The van der Waals surface area contributed by atoms with Gasteiger partial charge in [0.05, 0.1) is 19.8 Å². The molecule has 1 saturated heterocycles. The van der Waals surface area contributed by atoms with E-state index in [0.717, 1.165) is 45.2 Å². The Balaban J connectivity index is 0.00000243. The van der Waals surface area contributed by atoms with E-state index in [1.165, 1.54) is 5.56 Å². The minimum absolute atomic E-state index is 0. The molecule has 142 valence electrons. The van der Waals surface area contributed by atoms with Crippen molar-refractivity contribution in [3.05, 3.63) is 54.4 Å². The number of nitrogens with one attached hydrogen (secondary N) is 1. The SMILES string of the molecule is CN=C(NCCn1cccn1)N1CCC(COCc2ccccc2)C1.I. The highest BCUT2D eigenvalue weighted by Crippen LogP contribution is 2.17. The molecule has 1 N–H and O–H groups in total. The van der Waals surface area contributed by atoms with E-state index >= 15 is 0 Å². The van der Waals surface area contributed by atoms with Crippen LogP contribution in [0.5, 0.6) is 0 Å². The number of rotatable bonds is 7. The van der Waals surface area contributed by atoms with Gasteiger partial charge >= 0.3 is 0 Å². The maximum atomic E-state index is 5.90. The van der Waals surface area contributed by atoms with Gasteiger partial charge in [-0.3, -0.25) is 9.67 Å². The zero-order chi connectivity index (χ0) is 17.3. The van der Waals surface area contributed by atoms with E-state index in [4.69, 9.17) is 4.74 Å². The molecule has 1 aromatic carbocycles. The molecule has 3 rings (SSSR count). The average Bonchev–Trinajstić information content (AvgIpc) is 3.32. The molecule has 7 heteroatoms. The third-order valence-electron chi connectivity index (χ3n) is 4.45. The summed E-state index contributed by atoms with van der Waals surface area (Å²) < 4.78 is 7.82. The molecule has 0 aliphatic carbocycles. The Labute approximate surface area is 172 Å². The number of aliphatic imine (C=N–C) groups is 1. The van der Waals surface area contributed by atoms with Crippen molar-refractivity contribution < 1.29 is 4.74 Å². The van der Waals surface area contributed by atoms with Gasteiger partial charge in [-0.1, -0.05) is 30.3 Å². The van der Waals surface area contributed by atoms with E-state index in [1.807, 2.05) is 30.1 Å². The fraction of sp³-hybridized carbons (Fsp3) is 0.474. The fourth-order valence-corrected chi connectivity index (χ4v) is 3.13. The second kappa shape index (κ2) is 11.2. The molecule has 1 unspecified atom stereocenters. The fourth-order valence-electron chi connectivity index (χ4n) is 3.13. The molecule has 1 aliphatic heterocycles. The van der Waals surface area contributed by atoms with E-state index in [-0.39, 0.29) is 24.0 Å². The number of hydrogen-bond donors (Lipinski definition) is 1. The number of hydrogen-bond acceptors (Lipinski definition) is 3. The topological polar surface area (TPSA) is 54.7 Å². The zero-order valence-electron chi connectivity index (χ0n) is 15.3. The van der Waals surface area contributed by atoms with Crippen LogP contribution in [0, 0.1) is 5.92 Å². The monoisotopic (exact) mass is 469 g/mol. The van der Waals surface area contributed by atoms with Crippen molar-refractivity contribution in [1.29, 1.82) is 0 Å². The first-order valence-electron chi connectivity index (χ1n) is 8.90. The molecule has 26 heavy (non-hydrogen) atoms. The normalized spacial score (nSPS) is 17.2. The van der Waals surface area contributed by atoms with Gasteiger partial charge in [-0.05, 0) is 18.1 Å². The Bertz CT molecular complexity index is 647. The number of nitrogens with zero attached hydrogens (tertiary/aromatic N) is 4. The Hall–Kier alpha value is -1.61. The molecule has 0 radical (unpaired) electrons. The molecular formula is C19H28IN5O. The number of guanidine groups is 1. The Morgan fingerprint density at radius 2 is 2.15 bits per heavy atom. The van der Waals surface area contributed by atoms with Crippen LogP contribution in [-0.4, -0.2) is 53.9 Å². The van der Waals surface area contributed by atoms with Crippen LogP contribution in [0.2, 0.25) is 0 Å². The maximum absolute atomic E-state index is 5.90. The third kappa shape index (κ3) is 6.28. The summed E-state index contributed by atoms with van der Waals surface area (Å²) in [5, 5.41) is 7.64. The average molecular weight is 469 g/mol. The maximum Gasteiger partial charge on any atom is 0.193 e. The van der Waals surface area contributed by atoms with Gasteiger partial charge in [0.15, 0.2) is 5.96 Å². The number of ether oxygens (including phenoxy) is 1. The van der Waals surface area contributed by atoms with Crippen molar-refractivity contribution in [2.45, 2.75) is 19.6 Å². The van der Waals surface area contributed by atoms with Gasteiger partial charge in [-0.25, -0.2) is 0 Å². The van der Waals surface area contributed by atoms with E-state index < -0.39 is 0 Å². The smallest absolute Gasteiger partial charge is 0.193 e. The van der Waals surface area contributed by atoms with E-state index in [0.29, 0.717) is 12.5 Å². The standard InChI is InChI=1S/C19H27N5O.HI/c1-20-19(21-10-13-24-11-5-9-22-24)23-12-8-18(14-23)16-25-15-17-6-3-2-4-7-17;/h2-7,9,11,18H,8,10,12-16H2,1H3,(H,20,21);1H. The van der Waals surface area contributed by atoms with Crippen molar-refractivity contribution in [1.82, 2.24) is 20.0 Å². The summed E-state index contributed by atoms with van der Waals surface area (Å²) in [4.78, 5) is 6.73. The van der Waals surface area contributed by atoms with E-state index in [1.54, 1.807) is 6.20 Å². The predicted octanol–water partition coefficient (Wildman–Crippen LogP) is 2.62. The van der Waals surface area contributed by atoms with Crippen molar-refractivity contribution in [2.24, 2.45) is 10.9 Å². The van der Waals surface area contributed by atoms with E-state index in [9.17, 15) is 0 Å². The molecule has 2 heterocycles. The minimum atomic E-state index is 0. The first kappa shape index (κ1) is 20.7. The lowest BCUT2D eigenvalue weighted by molar-refractivity contribution is 0.0907. The lowest BCUT2D eigenvalue weighted by Gasteiger charge is -2.21. The quantitative estimate of drug-likeness (QED) is 0.385. The molecule has 0 spiro atoms. The molecule has 0 amide bonds. The van der Waals surface area contributed by atoms with Crippen molar-refractivity contribution in [2.75, 3.05) is 33.3 Å². The summed E-state index contributed by atoms with van der Waals surface area (Å²) in [6, 6.07) is 12.3. The number of benzene rings is 1. The molecule has 0 bridgehead atoms. The second-order valence-corrected chi connectivity index (χ2v) is 6.34. The summed E-state index contributed by atoms with van der Waals surface area (Å²) in [6.07, 6.45) is 4.92. The molecule has 2 aromatic rings. The van der Waals surface area contributed by atoms with Gasteiger partial charge in [0, 0.05) is 45.0 Å². The van der Waals surface area contributed by atoms with Crippen LogP contribution in [0.1, 0.15) is 12.0 Å². The number of aromatic nitrogens is 2. The summed E-state index contributed by atoms with van der Waals surface area (Å²) >= 11 is 0. The van der Waals surface area contributed by atoms with Crippen LogP contribution in [-0.2, 0) is 17.9 Å². The molecule has 1 atom stereocenters. The Morgan fingerprint density at radius 1 is 1.31 bits per heavy atom. The molecular weight excluding hydrogens is 441 g/mol. The van der Waals surface area contributed by atoms with Gasteiger partial charge in [0.2, 0.25) is 0 Å².